The van der Waals surface area contributed by atoms with E-state index in [1.54, 1.807) is 29.3 Å². The smallest absolute Gasteiger partial charge is 0.258 e. The predicted molar refractivity (Wildman–Crippen MR) is 92.0 cm³/mol. The van der Waals surface area contributed by atoms with E-state index < -0.39 is 0 Å². The average molecular weight is 342 g/mol. The van der Waals surface area contributed by atoms with Crippen molar-refractivity contribution < 1.29 is 4.52 Å². The third-order valence-corrected chi connectivity index (χ3v) is 4.44. The van der Waals surface area contributed by atoms with Crippen LogP contribution in [0.5, 0.6) is 0 Å². The van der Waals surface area contributed by atoms with Gasteiger partial charge in [0.25, 0.3) is 5.89 Å². The normalized spacial score (nSPS) is 16.2. The summed E-state index contributed by atoms with van der Waals surface area (Å²) in [6.45, 7) is 0.725. The highest BCUT2D eigenvalue weighted by Gasteiger charge is 2.29. The van der Waals surface area contributed by atoms with Gasteiger partial charge >= 0.3 is 0 Å². The zero-order valence-corrected chi connectivity index (χ0v) is 13.8. The van der Waals surface area contributed by atoms with Crippen LogP contribution in [0.2, 0.25) is 0 Å². The van der Waals surface area contributed by atoms with E-state index in [4.69, 9.17) is 9.78 Å². The summed E-state index contributed by atoms with van der Waals surface area (Å²) in [4.78, 5) is 10.5. The summed E-state index contributed by atoms with van der Waals surface area (Å²) in [6.07, 6.45) is 5.66. The number of rotatable bonds is 3. The van der Waals surface area contributed by atoms with Gasteiger partial charge < -0.3 is 4.52 Å². The fourth-order valence-corrected chi connectivity index (χ4v) is 3.08. The van der Waals surface area contributed by atoms with Gasteiger partial charge in [0.05, 0.1) is 17.3 Å². The molecule has 1 aromatic carbocycles. The first-order valence-electron chi connectivity index (χ1n) is 8.25. The Morgan fingerprint density at radius 2 is 1.96 bits per heavy atom. The third kappa shape index (κ3) is 2.87. The van der Waals surface area contributed by atoms with Gasteiger partial charge in [0, 0.05) is 23.9 Å². The Hall–Kier alpha value is -3.71. The topological polar surface area (TPSA) is 103 Å². The number of likely N-dealkylation sites (tertiary alicyclic amines) is 1. The van der Waals surface area contributed by atoms with Gasteiger partial charge in [0.2, 0.25) is 0 Å². The molecule has 1 aliphatic heterocycles. The molecule has 0 amide bonds. The maximum atomic E-state index is 9.18. The lowest BCUT2D eigenvalue weighted by atomic mass is 10.1. The molecule has 3 heterocycles. The summed E-state index contributed by atoms with van der Waals surface area (Å²) in [6, 6.07) is 12.9. The van der Waals surface area contributed by atoms with Crippen LogP contribution < -0.4 is 0 Å². The van der Waals surface area contributed by atoms with Crippen LogP contribution in [0.1, 0.15) is 30.3 Å². The molecule has 7 nitrogen and oxygen atoms in total. The molecule has 26 heavy (non-hydrogen) atoms. The first-order valence-corrected chi connectivity index (χ1v) is 8.25. The van der Waals surface area contributed by atoms with Crippen molar-refractivity contribution in [2.24, 2.45) is 0 Å². The maximum Gasteiger partial charge on any atom is 0.258 e. The van der Waals surface area contributed by atoms with Gasteiger partial charge in [-0.2, -0.15) is 15.5 Å². The van der Waals surface area contributed by atoms with Crippen molar-refractivity contribution in [3.8, 4) is 35.0 Å². The van der Waals surface area contributed by atoms with Crippen molar-refractivity contribution in [1.82, 2.24) is 20.0 Å². The minimum atomic E-state index is -0.114. The molecule has 0 aliphatic carbocycles. The Morgan fingerprint density at radius 3 is 2.73 bits per heavy atom. The van der Waals surface area contributed by atoms with Crippen LogP contribution in [0, 0.1) is 22.8 Å². The first-order chi connectivity index (χ1) is 12.8. The van der Waals surface area contributed by atoms with Crippen LogP contribution in [0.25, 0.3) is 22.7 Å². The van der Waals surface area contributed by atoms with E-state index in [1.165, 1.54) is 0 Å². The molecular formula is C19H14N6O. The SMILES string of the molecule is N#Cc1ccc(-c2cc(-c3nc([C@@H]4CCCN4C#N)no3)ccn2)cc1. The van der Waals surface area contributed by atoms with Crippen LogP contribution in [-0.2, 0) is 0 Å². The van der Waals surface area contributed by atoms with Crippen molar-refractivity contribution in [3.05, 3.63) is 54.0 Å². The Labute approximate surface area is 150 Å². The molecule has 4 rings (SSSR count). The van der Waals surface area contributed by atoms with Crippen LogP contribution in [0.3, 0.4) is 0 Å². The lowest BCUT2D eigenvalue weighted by molar-refractivity contribution is 0.339. The van der Waals surface area contributed by atoms with Gasteiger partial charge in [0.15, 0.2) is 12.0 Å². The zero-order valence-electron chi connectivity index (χ0n) is 13.8. The number of benzene rings is 1. The molecule has 1 atom stereocenters. The van der Waals surface area contributed by atoms with Gasteiger partial charge in [0.1, 0.15) is 6.04 Å². The standard InChI is InChI=1S/C19H14N6O/c20-11-13-3-5-14(6-4-13)16-10-15(7-8-22-16)19-23-18(24-26-19)17-2-1-9-25(17)12-21/h3-8,10,17H,1-2,9H2/t17-/m0/s1. The minimum Gasteiger partial charge on any atom is -0.334 e. The molecule has 3 aromatic rings. The van der Waals surface area contributed by atoms with Crippen molar-refractivity contribution in [3.63, 3.8) is 0 Å². The van der Waals surface area contributed by atoms with Crippen molar-refractivity contribution in [2.45, 2.75) is 18.9 Å². The van der Waals surface area contributed by atoms with Gasteiger partial charge in [-0.05, 0) is 37.1 Å². The highest BCUT2D eigenvalue weighted by molar-refractivity contribution is 5.66. The number of hydrogen-bond acceptors (Lipinski definition) is 7. The molecule has 0 saturated carbocycles. The fraction of sp³-hybridized carbons (Fsp3) is 0.211. The number of nitrogens with zero attached hydrogens (tertiary/aromatic N) is 6. The quantitative estimate of drug-likeness (QED) is 0.673. The summed E-state index contributed by atoms with van der Waals surface area (Å²) in [5.74, 6) is 0.942. The molecule has 1 fully saturated rings. The van der Waals surface area contributed by atoms with E-state index in [2.05, 4.69) is 27.4 Å². The second-order valence-corrected chi connectivity index (χ2v) is 6.03. The first kappa shape index (κ1) is 15.8. The van der Waals surface area contributed by atoms with Crippen LogP contribution in [-0.4, -0.2) is 26.6 Å². The third-order valence-electron chi connectivity index (χ3n) is 4.44. The molecule has 0 unspecified atom stereocenters. The average Bonchev–Trinajstić information content (AvgIpc) is 3.37. The summed E-state index contributed by atoms with van der Waals surface area (Å²) in [7, 11) is 0. The van der Waals surface area contributed by atoms with E-state index in [1.807, 2.05) is 18.2 Å². The molecule has 7 heteroatoms. The second kappa shape index (κ2) is 6.66. The summed E-state index contributed by atoms with van der Waals surface area (Å²) < 4.78 is 5.42. The summed E-state index contributed by atoms with van der Waals surface area (Å²) >= 11 is 0. The largest absolute Gasteiger partial charge is 0.334 e. The number of hydrogen-bond donors (Lipinski definition) is 0. The molecule has 0 radical (unpaired) electrons. The molecule has 2 aromatic heterocycles. The lowest BCUT2D eigenvalue weighted by Crippen LogP contribution is -2.17. The molecular weight excluding hydrogens is 328 g/mol. The highest BCUT2D eigenvalue weighted by Crippen LogP contribution is 2.31. The predicted octanol–water partition coefficient (Wildman–Crippen LogP) is 3.29. The Kier molecular flexibility index (Phi) is 4.04. The highest BCUT2D eigenvalue weighted by atomic mass is 16.5. The fourth-order valence-electron chi connectivity index (χ4n) is 3.08. The van der Waals surface area contributed by atoms with E-state index in [0.717, 1.165) is 36.2 Å². The Bertz CT molecular complexity index is 1010. The van der Waals surface area contributed by atoms with Crippen LogP contribution >= 0.6 is 0 Å². The van der Waals surface area contributed by atoms with E-state index in [9.17, 15) is 5.26 Å². The molecule has 0 bridgehead atoms. The monoisotopic (exact) mass is 342 g/mol. The van der Waals surface area contributed by atoms with Crippen molar-refractivity contribution in [2.75, 3.05) is 6.54 Å². The van der Waals surface area contributed by atoms with E-state index in [0.29, 0.717) is 17.3 Å². The Balaban J connectivity index is 1.63. The van der Waals surface area contributed by atoms with Crippen molar-refractivity contribution >= 4 is 0 Å². The maximum absolute atomic E-state index is 9.18. The van der Waals surface area contributed by atoms with Crippen LogP contribution in [0.15, 0.2) is 47.1 Å². The van der Waals surface area contributed by atoms with Gasteiger partial charge in [-0.1, -0.05) is 17.3 Å². The van der Waals surface area contributed by atoms with Gasteiger partial charge in [-0.15, -0.1) is 0 Å². The Morgan fingerprint density at radius 1 is 1.12 bits per heavy atom. The van der Waals surface area contributed by atoms with Gasteiger partial charge in [-0.3, -0.25) is 9.88 Å². The number of pyridine rings is 1. The van der Waals surface area contributed by atoms with E-state index in [-0.39, 0.29) is 6.04 Å². The summed E-state index contributed by atoms with van der Waals surface area (Å²) in [5.41, 5.74) is 3.02. The number of nitriles is 2. The molecule has 126 valence electrons. The summed E-state index contributed by atoms with van der Waals surface area (Å²) in [5, 5.41) is 22.1. The second-order valence-electron chi connectivity index (χ2n) is 6.03. The van der Waals surface area contributed by atoms with Crippen molar-refractivity contribution in [1.29, 1.82) is 10.5 Å². The zero-order chi connectivity index (χ0) is 17.9. The van der Waals surface area contributed by atoms with Gasteiger partial charge in [-0.25, -0.2) is 0 Å². The molecule has 1 aliphatic rings. The number of aromatic nitrogens is 3. The minimum absolute atomic E-state index is 0.114. The van der Waals surface area contributed by atoms with Crippen LogP contribution in [0.4, 0.5) is 0 Å². The lowest BCUT2D eigenvalue weighted by Gasteiger charge is -2.13. The molecule has 0 spiro atoms. The molecule has 0 N–H and O–H groups in total. The molecule has 1 saturated heterocycles. The van der Waals surface area contributed by atoms with E-state index >= 15 is 0 Å².